The average Bonchev–Trinajstić information content (AvgIpc) is 3.48. The van der Waals surface area contributed by atoms with Crippen molar-refractivity contribution in [2.45, 2.75) is 57.0 Å². The Hall–Kier alpha value is -2.39. The second-order valence-corrected chi connectivity index (χ2v) is 8.17. The molecule has 29 heavy (non-hydrogen) atoms. The number of thioether (sulfide) groups is 1. The van der Waals surface area contributed by atoms with Gasteiger partial charge in [0.25, 0.3) is 5.56 Å². The Morgan fingerprint density at radius 3 is 2.79 bits per heavy atom. The zero-order chi connectivity index (χ0) is 20.8. The lowest BCUT2D eigenvalue weighted by molar-refractivity contribution is -0.117. The molecule has 3 amide bonds. The van der Waals surface area contributed by atoms with Crippen molar-refractivity contribution in [2.75, 3.05) is 12.4 Å². The van der Waals surface area contributed by atoms with Gasteiger partial charge in [0.1, 0.15) is 0 Å². The number of para-hydroxylation sites is 1. The lowest BCUT2D eigenvalue weighted by Crippen LogP contribution is -2.41. The minimum Gasteiger partial charge on any atom is -0.379 e. The van der Waals surface area contributed by atoms with Crippen LogP contribution in [0.15, 0.2) is 34.2 Å². The Morgan fingerprint density at radius 1 is 1.31 bits per heavy atom. The number of carbonyl (C=O) groups excluding carboxylic acids is 2. The maximum absolute atomic E-state index is 12.9. The molecule has 0 saturated heterocycles. The maximum atomic E-state index is 12.9. The Balaban J connectivity index is 1.70. The van der Waals surface area contributed by atoms with Crippen LogP contribution in [0.25, 0.3) is 10.9 Å². The normalized spacial score (nSPS) is 13.6. The topological polar surface area (TPSA) is 102 Å². The molecule has 0 unspecified atom stereocenters. The van der Waals surface area contributed by atoms with E-state index < -0.39 is 11.9 Å². The summed E-state index contributed by atoms with van der Waals surface area (Å²) >= 11 is 1.14. The number of nitrogens with one attached hydrogen (secondary N) is 2. The molecule has 0 atom stereocenters. The number of imide groups is 1. The number of aromatic nitrogens is 2. The van der Waals surface area contributed by atoms with E-state index in [2.05, 4.69) is 15.6 Å². The third-order valence-electron chi connectivity index (χ3n) is 4.30. The molecule has 1 aliphatic carbocycles. The molecule has 2 aromatic rings. The fourth-order valence-electron chi connectivity index (χ4n) is 2.74. The van der Waals surface area contributed by atoms with Crippen molar-refractivity contribution in [1.82, 2.24) is 20.2 Å². The van der Waals surface area contributed by atoms with Crippen molar-refractivity contribution in [3.05, 3.63) is 34.6 Å². The molecule has 8 nitrogen and oxygen atoms in total. The van der Waals surface area contributed by atoms with Crippen molar-refractivity contribution in [3.8, 4) is 0 Å². The quantitative estimate of drug-likeness (QED) is 0.368. The van der Waals surface area contributed by atoms with Crippen LogP contribution in [-0.4, -0.2) is 46.0 Å². The van der Waals surface area contributed by atoms with Crippen LogP contribution in [0.3, 0.4) is 0 Å². The first-order valence-corrected chi connectivity index (χ1v) is 10.8. The molecular weight excluding hydrogens is 392 g/mol. The summed E-state index contributed by atoms with van der Waals surface area (Å²) < 4.78 is 7.14. The van der Waals surface area contributed by atoms with Gasteiger partial charge in [-0.15, -0.1) is 0 Å². The van der Waals surface area contributed by atoms with Crippen molar-refractivity contribution < 1.29 is 14.3 Å². The number of fused-ring (bicyclic) bond motifs is 1. The molecule has 0 radical (unpaired) electrons. The van der Waals surface area contributed by atoms with Crippen molar-refractivity contribution in [3.63, 3.8) is 0 Å². The minimum atomic E-state index is -0.479. The van der Waals surface area contributed by atoms with Crippen LogP contribution in [0, 0.1) is 0 Å². The molecule has 0 spiro atoms. The summed E-state index contributed by atoms with van der Waals surface area (Å²) in [4.78, 5) is 41.3. The van der Waals surface area contributed by atoms with Crippen LogP contribution in [0.4, 0.5) is 4.79 Å². The molecule has 1 aromatic heterocycles. The molecule has 1 fully saturated rings. The predicted octanol–water partition coefficient (Wildman–Crippen LogP) is 2.29. The first-order valence-electron chi connectivity index (χ1n) is 9.78. The van der Waals surface area contributed by atoms with Gasteiger partial charge in [0.15, 0.2) is 5.16 Å². The van der Waals surface area contributed by atoms with E-state index in [0.29, 0.717) is 35.6 Å². The van der Waals surface area contributed by atoms with E-state index in [1.807, 2.05) is 19.9 Å². The van der Waals surface area contributed by atoms with E-state index in [9.17, 15) is 14.4 Å². The van der Waals surface area contributed by atoms with Gasteiger partial charge in [-0.1, -0.05) is 23.9 Å². The molecule has 1 saturated carbocycles. The molecule has 3 rings (SSSR count). The van der Waals surface area contributed by atoms with Gasteiger partial charge in [0, 0.05) is 19.2 Å². The number of benzene rings is 1. The summed E-state index contributed by atoms with van der Waals surface area (Å²) in [5, 5.41) is 6.01. The summed E-state index contributed by atoms with van der Waals surface area (Å²) in [5.74, 6) is -0.434. The third-order valence-corrected chi connectivity index (χ3v) is 5.28. The summed E-state index contributed by atoms with van der Waals surface area (Å²) in [6, 6.07) is 6.84. The fourth-order valence-corrected chi connectivity index (χ4v) is 3.56. The van der Waals surface area contributed by atoms with Gasteiger partial charge in [-0.05, 0) is 45.2 Å². The van der Waals surface area contributed by atoms with Crippen molar-refractivity contribution in [2.24, 2.45) is 0 Å². The van der Waals surface area contributed by atoms with Gasteiger partial charge in [0.05, 0.1) is 22.8 Å². The smallest absolute Gasteiger partial charge is 0.321 e. The summed E-state index contributed by atoms with van der Waals surface area (Å²) in [6.07, 6.45) is 2.68. The SMILES string of the molecule is CC(C)OCCCn1c(SCC(=O)NC(=O)NC2CC2)nc2ccccc2c1=O. The van der Waals surface area contributed by atoms with Crippen LogP contribution >= 0.6 is 11.8 Å². The number of hydrogen-bond donors (Lipinski definition) is 2. The molecule has 9 heteroatoms. The number of hydrogen-bond acceptors (Lipinski definition) is 6. The van der Waals surface area contributed by atoms with E-state index in [-0.39, 0.29) is 23.5 Å². The van der Waals surface area contributed by atoms with Crippen LogP contribution in [-0.2, 0) is 16.1 Å². The predicted molar refractivity (Wildman–Crippen MR) is 112 cm³/mol. The summed E-state index contributed by atoms with van der Waals surface area (Å²) in [5.41, 5.74) is 0.441. The zero-order valence-electron chi connectivity index (χ0n) is 16.6. The van der Waals surface area contributed by atoms with Gasteiger partial charge < -0.3 is 10.1 Å². The molecule has 2 N–H and O–H groups in total. The second kappa shape index (κ2) is 9.89. The van der Waals surface area contributed by atoms with E-state index >= 15 is 0 Å². The Kier molecular flexibility index (Phi) is 7.27. The monoisotopic (exact) mass is 418 g/mol. The standard InChI is InChI=1S/C20H26N4O4S/c1-13(2)28-11-5-10-24-18(26)15-6-3-4-7-16(15)22-20(24)29-12-17(25)23-19(27)21-14-8-9-14/h3-4,6-7,13-14H,5,8-12H2,1-2H3,(H2,21,23,25,27). The van der Waals surface area contributed by atoms with E-state index in [1.54, 1.807) is 22.8 Å². The number of amides is 3. The van der Waals surface area contributed by atoms with Gasteiger partial charge >= 0.3 is 6.03 Å². The van der Waals surface area contributed by atoms with E-state index in [0.717, 1.165) is 24.6 Å². The molecule has 156 valence electrons. The molecule has 1 aromatic carbocycles. The average molecular weight is 419 g/mol. The van der Waals surface area contributed by atoms with Crippen molar-refractivity contribution >= 4 is 34.6 Å². The Labute approximate surface area is 173 Å². The van der Waals surface area contributed by atoms with Crippen LogP contribution in [0.5, 0.6) is 0 Å². The molecule has 0 aliphatic heterocycles. The number of urea groups is 1. The maximum Gasteiger partial charge on any atom is 0.321 e. The fraction of sp³-hybridized carbons (Fsp3) is 0.500. The zero-order valence-corrected chi connectivity index (χ0v) is 17.5. The highest BCUT2D eigenvalue weighted by Gasteiger charge is 2.24. The first kappa shape index (κ1) is 21.3. The number of carbonyl (C=O) groups is 2. The lowest BCUT2D eigenvalue weighted by Gasteiger charge is -2.14. The highest BCUT2D eigenvalue weighted by Crippen LogP contribution is 2.19. The van der Waals surface area contributed by atoms with Crippen LogP contribution < -0.4 is 16.2 Å². The van der Waals surface area contributed by atoms with Gasteiger partial charge in [-0.25, -0.2) is 9.78 Å². The van der Waals surface area contributed by atoms with E-state index in [1.165, 1.54) is 0 Å². The second-order valence-electron chi connectivity index (χ2n) is 7.23. The van der Waals surface area contributed by atoms with Crippen LogP contribution in [0.1, 0.15) is 33.1 Å². The third kappa shape index (κ3) is 6.30. The number of ether oxygens (including phenoxy) is 1. The molecular formula is C20H26N4O4S. The van der Waals surface area contributed by atoms with Crippen LogP contribution in [0.2, 0.25) is 0 Å². The minimum absolute atomic E-state index is 0.00857. The Morgan fingerprint density at radius 2 is 2.07 bits per heavy atom. The largest absolute Gasteiger partial charge is 0.379 e. The number of nitrogens with zero attached hydrogens (tertiary/aromatic N) is 2. The lowest BCUT2D eigenvalue weighted by atomic mass is 10.2. The van der Waals surface area contributed by atoms with Gasteiger partial charge in [-0.3, -0.25) is 19.5 Å². The molecule has 1 aliphatic rings. The van der Waals surface area contributed by atoms with Gasteiger partial charge in [0.2, 0.25) is 5.91 Å². The first-order chi connectivity index (χ1) is 13.9. The number of rotatable bonds is 9. The molecule has 0 bridgehead atoms. The van der Waals surface area contributed by atoms with Gasteiger partial charge in [-0.2, -0.15) is 0 Å². The summed E-state index contributed by atoms with van der Waals surface area (Å²) in [6.45, 7) is 4.89. The van der Waals surface area contributed by atoms with Crippen molar-refractivity contribution in [1.29, 1.82) is 0 Å². The van der Waals surface area contributed by atoms with E-state index in [4.69, 9.17) is 4.74 Å². The summed E-state index contributed by atoms with van der Waals surface area (Å²) in [7, 11) is 0. The molecule has 1 heterocycles. The highest BCUT2D eigenvalue weighted by atomic mass is 32.2. The highest BCUT2D eigenvalue weighted by molar-refractivity contribution is 7.99. The Bertz CT molecular complexity index is 940.